The van der Waals surface area contributed by atoms with E-state index in [4.69, 9.17) is 5.73 Å². The van der Waals surface area contributed by atoms with Crippen molar-refractivity contribution in [3.8, 4) is 0 Å². The SMILES string of the molecule is CC(C)CC(N)C(=O)NC(C)C(=O)NC(C(=O)NC(Cc1cnc[nH]1)C(=O)O)C(C)C. The highest BCUT2D eigenvalue weighted by molar-refractivity contribution is 5.94. The molecule has 1 aromatic heterocycles. The Bertz CT molecular complexity index is 749. The molecule has 0 saturated carbocycles. The minimum atomic E-state index is -1.21. The normalized spacial score (nSPS) is 15.1. The van der Waals surface area contributed by atoms with Crippen LogP contribution in [0.15, 0.2) is 12.5 Å². The summed E-state index contributed by atoms with van der Waals surface area (Å²) in [5, 5.41) is 17.0. The fraction of sp³-hybridized carbons (Fsp3) is 0.650. The molecule has 1 heterocycles. The highest BCUT2D eigenvalue weighted by Gasteiger charge is 2.30. The zero-order valence-electron chi connectivity index (χ0n) is 18.6. The lowest BCUT2D eigenvalue weighted by Gasteiger charge is -2.26. The van der Waals surface area contributed by atoms with Gasteiger partial charge in [-0.2, -0.15) is 0 Å². The maximum Gasteiger partial charge on any atom is 0.326 e. The lowest BCUT2D eigenvalue weighted by Crippen LogP contribution is -2.58. The highest BCUT2D eigenvalue weighted by Crippen LogP contribution is 2.06. The summed E-state index contributed by atoms with van der Waals surface area (Å²) in [4.78, 5) is 55.6. The molecule has 1 rings (SSSR count). The van der Waals surface area contributed by atoms with Gasteiger partial charge in [0.1, 0.15) is 18.1 Å². The molecule has 0 bridgehead atoms. The number of H-pyrrole nitrogens is 1. The van der Waals surface area contributed by atoms with E-state index in [0.717, 1.165) is 0 Å². The molecule has 0 radical (unpaired) electrons. The molecule has 4 atom stereocenters. The van der Waals surface area contributed by atoms with Crippen LogP contribution in [0.3, 0.4) is 0 Å². The molecule has 0 fully saturated rings. The van der Waals surface area contributed by atoms with Gasteiger partial charge in [0.15, 0.2) is 0 Å². The zero-order valence-corrected chi connectivity index (χ0v) is 18.6. The summed E-state index contributed by atoms with van der Waals surface area (Å²) in [5.41, 5.74) is 6.38. The van der Waals surface area contributed by atoms with Crippen LogP contribution < -0.4 is 21.7 Å². The first-order valence-electron chi connectivity index (χ1n) is 10.3. The van der Waals surface area contributed by atoms with E-state index in [1.54, 1.807) is 13.8 Å². The van der Waals surface area contributed by atoms with Gasteiger partial charge in [-0.1, -0.05) is 27.7 Å². The number of aromatic amines is 1. The first-order valence-corrected chi connectivity index (χ1v) is 10.3. The van der Waals surface area contributed by atoms with Gasteiger partial charge in [-0.25, -0.2) is 9.78 Å². The van der Waals surface area contributed by atoms with Gasteiger partial charge in [-0.3, -0.25) is 14.4 Å². The molecule has 4 unspecified atom stereocenters. The maximum absolute atomic E-state index is 12.7. The van der Waals surface area contributed by atoms with Crippen LogP contribution >= 0.6 is 0 Å². The molecule has 11 heteroatoms. The van der Waals surface area contributed by atoms with E-state index in [9.17, 15) is 24.3 Å². The number of aromatic nitrogens is 2. The third-order valence-electron chi connectivity index (χ3n) is 4.65. The molecule has 11 nitrogen and oxygen atoms in total. The molecular formula is C20H34N6O5. The van der Waals surface area contributed by atoms with Gasteiger partial charge in [0.05, 0.1) is 12.4 Å². The van der Waals surface area contributed by atoms with Gasteiger partial charge in [0.25, 0.3) is 0 Å². The Morgan fingerprint density at radius 3 is 2.16 bits per heavy atom. The molecule has 31 heavy (non-hydrogen) atoms. The number of carboxylic acids is 1. The van der Waals surface area contributed by atoms with Gasteiger partial charge in [0.2, 0.25) is 17.7 Å². The summed E-state index contributed by atoms with van der Waals surface area (Å²) in [6.45, 7) is 8.80. The van der Waals surface area contributed by atoms with E-state index in [-0.39, 0.29) is 18.3 Å². The monoisotopic (exact) mass is 438 g/mol. The molecule has 3 amide bonds. The van der Waals surface area contributed by atoms with Crippen LogP contribution in [0.25, 0.3) is 0 Å². The zero-order chi connectivity index (χ0) is 23.7. The van der Waals surface area contributed by atoms with Crippen LogP contribution in [-0.2, 0) is 25.6 Å². The van der Waals surface area contributed by atoms with Crippen molar-refractivity contribution >= 4 is 23.7 Å². The predicted octanol–water partition coefficient (Wildman–Crippen LogP) is -0.459. The summed E-state index contributed by atoms with van der Waals surface area (Å²) in [5.74, 6) is -2.96. The number of hydrogen-bond donors (Lipinski definition) is 6. The van der Waals surface area contributed by atoms with Crippen molar-refractivity contribution in [3.05, 3.63) is 18.2 Å². The van der Waals surface area contributed by atoms with Gasteiger partial charge < -0.3 is 31.8 Å². The predicted molar refractivity (Wildman–Crippen MR) is 114 cm³/mol. The molecule has 0 aromatic carbocycles. The topological polar surface area (TPSA) is 179 Å². The maximum atomic E-state index is 12.7. The third kappa shape index (κ3) is 8.75. The first-order chi connectivity index (χ1) is 14.4. The summed E-state index contributed by atoms with van der Waals surface area (Å²) < 4.78 is 0. The second kappa shape index (κ2) is 12.0. The van der Waals surface area contributed by atoms with Crippen molar-refractivity contribution in [2.75, 3.05) is 0 Å². The Morgan fingerprint density at radius 1 is 1.03 bits per heavy atom. The van der Waals surface area contributed by atoms with Crippen LogP contribution in [-0.4, -0.2) is 62.9 Å². The molecule has 1 aromatic rings. The lowest BCUT2D eigenvalue weighted by atomic mass is 10.0. The summed E-state index contributed by atoms with van der Waals surface area (Å²) in [6.07, 6.45) is 3.37. The van der Waals surface area contributed by atoms with Crippen LogP contribution in [0.2, 0.25) is 0 Å². The quantitative estimate of drug-likeness (QED) is 0.255. The minimum Gasteiger partial charge on any atom is -0.480 e. The second-order valence-electron chi connectivity index (χ2n) is 8.38. The molecule has 0 aliphatic rings. The van der Waals surface area contributed by atoms with Crippen LogP contribution in [0.4, 0.5) is 0 Å². The summed E-state index contributed by atoms with van der Waals surface area (Å²) in [6, 6.07) is -3.84. The number of carbonyl (C=O) groups excluding carboxylic acids is 3. The van der Waals surface area contributed by atoms with E-state index < -0.39 is 47.9 Å². The number of nitrogens with zero attached hydrogens (tertiary/aromatic N) is 1. The fourth-order valence-electron chi connectivity index (χ4n) is 2.89. The number of hydrogen-bond acceptors (Lipinski definition) is 6. The number of carbonyl (C=O) groups is 4. The number of carboxylic acid groups (broad SMARTS) is 1. The van der Waals surface area contributed by atoms with Gasteiger partial charge in [-0.05, 0) is 25.2 Å². The third-order valence-corrected chi connectivity index (χ3v) is 4.65. The highest BCUT2D eigenvalue weighted by atomic mass is 16.4. The lowest BCUT2D eigenvalue weighted by molar-refractivity contribution is -0.142. The number of rotatable bonds is 12. The van der Waals surface area contributed by atoms with Gasteiger partial charge in [0, 0.05) is 18.3 Å². The molecule has 0 saturated heterocycles. The van der Waals surface area contributed by atoms with Crippen LogP contribution in [0.1, 0.15) is 46.7 Å². The Balaban J connectivity index is 2.74. The van der Waals surface area contributed by atoms with Crippen molar-refractivity contribution in [2.45, 2.75) is 71.6 Å². The second-order valence-corrected chi connectivity index (χ2v) is 8.38. The molecule has 174 valence electrons. The molecule has 0 aliphatic carbocycles. The van der Waals surface area contributed by atoms with E-state index in [1.807, 2.05) is 13.8 Å². The van der Waals surface area contributed by atoms with E-state index in [0.29, 0.717) is 12.1 Å². The standard InChI is InChI=1S/C20H34N6O5/c1-10(2)6-14(21)18(28)24-12(5)17(27)26-16(11(3)4)19(29)25-15(20(30)31)7-13-8-22-9-23-13/h8-12,14-16H,6-7,21H2,1-5H3,(H,22,23)(H,24,28)(H,25,29)(H,26,27)(H,30,31). The van der Waals surface area contributed by atoms with Crippen molar-refractivity contribution in [1.29, 1.82) is 0 Å². The molecule has 7 N–H and O–H groups in total. The van der Waals surface area contributed by atoms with Gasteiger partial charge >= 0.3 is 5.97 Å². The molecule has 0 spiro atoms. The number of nitrogens with one attached hydrogen (secondary N) is 4. The Labute approximate surface area is 181 Å². The Hall–Kier alpha value is -2.95. The summed E-state index contributed by atoms with van der Waals surface area (Å²) in [7, 11) is 0. The van der Waals surface area contributed by atoms with E-state index >= 15 is 0 Å². The average molecular weight is 439 g/mol. The van der Waals surface area contributed by atoms with Crippen molar-refractivity contribution in [3.63, 3.8) is 0 Å². The Kier molecular flexibility index (Phi) is 10.1. The molecule has 0 aliphatic heterocycles. The van der Waals surface area contributed by atoms with Crippen LogP contribution in [0.5, 0.6) is 0 Å². The molecular weight excluding hydrogens is 404 g/mol. The summed E-state index contributed by atoms with van der Waals surface area (Å²) >= 11 is 0. The van der Waals surface area contributed by atoms with Crippen LogP contribution in [0, 0.1) is 11.8 Å². The van der Waals surface area contributed by atoms with Gasteiger partial charge in [-0.15, -0.1) is 0 Å². The van der Waals surface area contributed by atoms with Crippen molar-refractivity contribution in [1.82, 2.24) is 25.9 Å². The smallest absolute Gasteiger partial charge is 0.326 e. The number of amides is 3. The fourth-order valence-corrected chi connectivity index (χ4v) is 2.89. The minimum absolute atomic E-state index is 0.0139. The van der Waals surface area contributed by atoms with E-state index in [1.165, 1.54) is 19.4 Å². The van der Waals surface area contributed by atoms with E-state index in [2.05, 4.69) is 25.9 Å². The largest absolute Gasteiger partial charge is 0.480 e. The van der Waals surface area contributed by atoms with Crippen molar-refractivity contribution in [2.24, 2.45) is 17.6 Å². The number of imidazole rings is 1. The first kappa shape index (κ1) is 26.1. The number of nitrogens with two attached hydrogens (primary N) is 1. The number of aliphatic carboxylic acids is 1. The Morgan fingerprint density at radius 2 is 1.68 bits per heavy atom. The van der Waals surface area contributed by atoms with Crippen molar-refractivity contribution < 1.29 is 24.3 Å². The average Bonchev–Trinajstić information content (AvgIpc) is 3.17.